The Labute approximate surface area is 66.0 Å². The van der Waals surface area contributed by atoms with Crippen LogP contribution in [-0.4, -0.2) is 0 Å². The predicted molar refractivity (Wildman–Crippen MR) is 47.6 cm³/mol. The van der Waals surface area contributed by atoms with Gasteiger partial charge in [0, 0.05) is 0 Å². The lowest BCUT2D eigenvalue weighted by Crippen LogP contribution is -2.16. The van der Waals surface area contributed by atoms with E-state index in [0.717, 1.165) is 12.8 Å². The zero-order valence-electron chi connectivity index (χ0n) is 7.45. The van der Waals surface area contributed by atoms with Crippen LogP contribution >= 0.6 is 0 Å². The molecule has 0 rings (SSSR count). The lowest BCUT2D eigenvalue weighted by molar-refractivity contribution is 0.243. The van der Waals surface area contributed by atoms with Gasteiger partial charge in [0.15, 0.2) is 0 Å². The van der Waals surface area contributed by atoms with Crippen LogP contribution in [0, 0.1) is 19.3 Å². The second kappa shape index (κ2) is 4.76. The third-order valence-electron chi connectivity index (χ3n) is 2.74. The van der Waals surface area contributed by atoms with E-state index in [1.54, 1.807) is 0 Å². The highest BCUT2D eigenvalue weighted by molar-refractivity contribution is 4.77. The monoisotopic (exact) mass is 140 g/mol. The average Bonchev–Trinajstić information content (AvgIpc) is 2.01. The summed E-state index contributed by atoms with van der Waals surface area (Å²) >= 11 is 0. The lowest BCUT2D eigenvalue weighted by Gasteiger charge is -2.29. The highest BCUT2D eigenvalue weighted by Gasteiger charge is 2.21. The molecule has 60 valence electrons. The van der Waals surface area contributed by atoms with E-state index in [4.69, 9.17) is 0 Å². The number of rotatable bonds is 5. The molecule has 0 aliphatic carbocycles. The molecule has 0 nitrogen and oxygen atoms in total. The van der Waals surface area contributed by atoms with Crippen LogP contribution in [0.5, 0.6) is 0 Å². The summed E-state index contributed by atoms with van der Waals surface area (Å²) in [4.78, 5) is 0. The van der Waals surface area contributed by atoms with E-state index in [9.17, 15) is 0 Å². The first-order chi connectivity index (χ1) is 4.74. The van der Waals surface area contributed by atoms with E-state index in [0.29, 0.717) is 5.41 Å². The Morgan fingerprint density at radius 3 is 1.70 bits per heavy atom. The number of hydrogen-bond donors (Lipinski definition) is 0. The summed E-state index contributed by atoms with van der Waals surface area (Å²) in [6.07, 6.45) is 5.86. The molecular formula is C10H20. The molecule has 0 saturated carbocycles. The van der Waals surface area contributed by atoms with E-state index in [1.165, 1.54) is 19.3 Å². The topological polar surface area (TPSA) is 0 Å². The Morgan fingerprint density at radius 2 is 1.60 bits per heavy atom. The van der Waals surface area contributed by atoms with Gasteiger partial charge in [0.25, 0.3) is 0 Å². The summed E-state index contributed by atoms with van der Waals surface area (Å²) in [5.74, 6) is 0. The van der Waals surface area contributed by atoms with Gasteiger partial charge in [-0.2, -0.15) is 0 Å². The van der Waals surface area contributed by atoms with E-state index < -0.39 is 0 Å². The van der Waals surface area contributed by atoms with Gasteiger partial charge in [0.1, 0.15) is 0 Å². The van der Waals surface area contributed by atoms with Crippen LogP contribution in [0.15, 0.2) is 0 Å². The molecule has 0 aromatic heterocycles. The van der Waals surface area contributed by atoms with Crippen molar-refractivity contribution in [3.8, 4) is 0 Å². The summed E-state index contributed by atoms with van der Waals surface area (Å²) < 4.78 is 0. The van der Waals surface area contributed by atoms with Gasteiger partial charge < -0.3 is 0 Å². The highest BCUT2D eigenvalue weighted by atomic mass is 14.3. The zero-order valence-corrected chi connectivity index (χ0v) is 7.45. The third kappa shape index (κ3) is 2.32. The largest absolute Gasteiger partial charge is 0.0649 e. The van der Waals surface area contributed by atoms with Gasteiger partial charge >= 0.3 is 0 Å². The lowest BCUT2D eigenvalue weighted by atomic mass is 9.76. The van der Waals surface area contributed by atoms with Crippen molar-refractivity contribution in [2.24, 2.45) is 5.41 Å². The Kier molecular flexibility index (Phi) is 4.76. The Morgan fingerprint density at radius 1 is 1.10 bits per heavy atom. The molecule has 0 saturated heterocycles. The van der Waals surface area contributed by atoms with Crippen LogP contribution in [0.25, 0.3) is 0 Å². The van der Waals surface area contributed by atoms with Crippen LogP contribution in [0.4, 0.5) is 0 Å². The van der Waals surface area contributed by atoms with E-state index in [-0.39, 0.29) is 0 Å². The first-order valence-electron chi connectivity index (χ1n) is 4.33. The molecule has 0 N–H and O–H groups in total. The van der Waals surface area contributed by atoms with Crippen LogP contribution in [0.3, 0.4) is 0 Å². The van der Waals surface area contributed by atoms with Crippen molar-refractivity contribution in [3.63, 3.8) is 0 Å². The molecule has 0 atom stereocenters. The zero-order chi connectivity index (χ0) is 8.04. The van der Waals surface area contributed by atoms with Gasteiger partial charge in [-0.25, -0.2) is 0 Å². The molecule has 0 heterocycles. The Hall–Kier alpha value is 0. The molecule has 0 fully saturated rings. The van der Waals surface area contributed by atoms with Crippen molar-refractivity contribution >= 4 is 0 Å². The van der Waals surface area contributed by atoms with Crippen molar-refractivity contribution in [2.75, 3.05) is 0 Å². The molecular weight excluding hydrogens is 120 g/mol. The molecule has 0 unspecified atom stereocenters. The maximum atomic E-state index is 3.99. The predicted octanol–water partition coefficient (Wildman–Crippen LogP) is 3.63. The third-order valence-corrected chi connectivity index (χ3v) is 2.74. The maximum Gasteiger partial charge on any atom is -0.0303 e. The first-order valence-corrected chi connectivity index (χ1v) is 4.33. The van der Waals surface area contributed by atoms with Crippen LogP contribution in [-0.2, 0) is 0 Å². The fourth-order valence-corrected chi connectivity index (χ4v) is 1.46. The Balaban J connectivity index is 3.87. The molecule has 0 heteroatoms. The maximum absolute atomic E-state index is 3.99. The molecule has 0 aromatic rings. The van der Waals surface area contributed by atoms with Crippen molar-refractivity contribution < 1.29 is 0 Å². The SMILES string of the molecule is [CH2]CCC(C[CH2])(CC)CC. The minimum Gasteiger partial charge on any atom is -0.0649 e. The molecule has 0 aromatic carbocycles. The van der Waals surface area contributed by atoms with Crippen molar-refractivity contribution in [1.29, 1.82) is 0 Å². The molecule has 0 aliphatic heterocycles. The highest BCUT2D eigenvalue weighted by Crippen LogP contribution is 2.34. The molecule has 2 radical (unpaired) electrons. The second-order valence-electron chi connectivity index (χ2n) is 3.06. The van der Waals surface area contributed by atoms with Gasteiger partial charge in [-0.1, -0.05) is 47.0 Å². The van der Waals surface area contributed by atoms with Gasteiger partial charge in [-0.3, -0.25) is 0 Å². The summed E-state index contributed by atoms with van der Waals surface area (Å²) in [7, 11) is 0. The Bertz CT molecular complexity index is 61.8. The minimum absolute atomic E-state index is 0.502. The van der Waals surface area contributed by atoms with Crippen LogP contribution in [0.1, 0.15) is 46.0 Å². The van der Waals surface area contributed by atoms with Crippen molar-refractivity contribution in [2.45, 2.75) is 46.0 Å². The molecule has 0 amide bonds. The van der Waals surface area contributed by atoms with Crippen LogP contribution < -0.4 is 0 Å². The summed E-state index contributed by atoms with van der Waals surface area (Å²) in [6, 6.07) is 0. The molecule has 0 spiro atoms. The van der Waals surface area contributed by atoms with Gasteiger partial charge in [-0.05, 0) is 18.3 Å². The van der Waals surface area contributed by atoms with Gasteiger partial charge in [-0.15, -0.1) is 0 Å². The van der Waals surface area contributed by atoms with Gasteiger partial charge in [0.2, 0.25) is 0 Å². The second-order valence-corrected chi connectivity index (χ2v) is 3.06. The normalized spacial score (nSPS) is 12.0. The average molecular weight is 140 g/mol. The number of hydrogen-bond acceptors (Lipinski definition) is 0. The molecule has 0 aliphatic rings. The van der Waals surface area contributed by atoms with E-state index in [1.807, 2.05) is 0 Å². The molecule has 10 heavy (non-hydrogen) atoms. The quantitative estimate of drug-likeness (QED) is 0.547. The van der Waals surface area contributed by atoms with Crippen LogP contribution in [0.2, 0.25) is 0 Å². The summed E-state index contributed by atoms with van der Waals surface area (Å²) in [5.41, 5.74) is 0.502. The smallest absolute Gasteiger partial charge is 0.0303 e. The first kappa shape index (κ1) is 10.0. The minimum atomic E-state index is 0.502. The fraction of sp³-hybridized carbons (Fsp3) is 0.800. The standard InChI is InChI=1S/C10H20/c1-5-9-10(6-2,7-3)8-4/h1-2,5-9H2,3-4H3. The van der Waals surface area contributed by atoms with Crippen molar-refractivity contribution in [3.05, 3.63) is 13.8 Å². The molecule has 0 bridgehead atoms. The van der Waals surface area contributed by atoms with Crippen molar-refractivity contribution in [1.82, 2.24) is 0 Å². The van der Waals surface area contributed by atoms with Gasteiger partial charge in [0.05, 0.1) is 0 Å². The van der Waals surface area contributed by atoms with E-state index >= 15 is 0 Å². The van der Waals surface area contributed by atoms with E-state index in [2.05, 4.69) is 27.7 Å². The summed E-state index contributed by atoms with van der Waals surface area (Å²) in [6.45, 7) is 12.4. The fourth-order valence-electron chi connectivity index (χ4n) is 1.46. The summed E-state index contributed by atoms with van der Waals surface area (Å²) in [5, 5.41) is 0.